The molecule has 0 bridgehead atoms. The Labute approximate surface area is 110 Å². The van der Waals surface area contributed by atoms with Gasteiger partial charge in [-0.2, -0.15) is 0 Å². The van der Waals surface area contributed by atoms with Gasteiger partial charge in [0, 0.05) is 10.6 Å². The van der Waals surface area contributed by atoms with Crippen molar-refractivity contribution in [2.45, 2.75) is 20.3 Å². The number of carboxylic acid groups (broad SMARTS) is 1. The van der Waals surface area contributed by atoms with Crippen LogP contribution in [0.15, 0.2) is 12.1 Å². The van der Waals surface area contributed by atoms with Crippen molar-refractivity contribution in [2.24, 2.45) is 5.41 Å². The number of ether oxygens (including phenoxy) is 2. The molecule has 0 aliphatic carbocycles. The fraction of sp³-hybridized carbons (Fsp3) is 0.462. The lowest BCUT2D eigenvalue weighted by atomic mass is 9.85. The predicted octanol–water partition coefficient (Wildman–Crippen LogP) is 2.76. The summed E-state index contributed by atoms with van der Waals surface area (Å²) in [4.78, 5) is 11.2. The molecule has 1 heterocycles. The van der Waals surface area contributed by atoms with Crippen LogP contribution in [-0.4, -0.2) is 24.3 Å². The molecule has 0 spiro atoms. The number of aliphatic carboxylic acids is 1. The Morgan fingerprint density at radius 2 is 2.06 bits per heavy atom. The van der Waals surface area contributed by atoms with E-state index in [-0.39, 0.29) is 0 Å². The SMILES string of the molecule is CC(C)(Cc1c(Cl)ccc2c1OCCO2)C(=O)O. The normalized spacial score (nSPS) is 14.4. The first-order valence-electron chi connectivity index (χ1n) is 5.72. The van der Waals surface area contributed by atoms with Crippen LogP contribution in [0.3, 0.4) is 0 Å². The standard InChI is InChI=1S/C13H15ClO4/c1-13(2,12(15)16)7-8-9(14)3-4-10-11(8)18-6-5-17-10/h3-4H,5-7H2,1-2H3,(H,15,16). The van der Waals surface area contributed by atoms with Crippen LogP contribution in [0.2, 0.25) is 5.02 Å². The minimum atomic E-state index is -0.903. The number of benzene rings is 1. The van der Waals surface area contributed by atoms with Crippen molar-refractivity contribution < 1.29 is 19.4 Å². The number of fused-ring (bicyclic) bond motifs is 1. The summed E-state index contributed by atoms with van der Waals surface area (Å²) in [7, 11) is 0. The Hall–Kier alpha value is -1.42. The minimum Gasteiger partial charge on any atom is -0.486 e. The second kappa shape index (κ2) is 4.69. The van der Waals surface area contributed by atoms with Crippen molar-refractivity contribution >= 4 is 17.6 Å². The average Bonchev–Trinajstić information content (AvgIpc) is 2.32. The fourth-order valence-electron chi connectivity index (χ4n) is 1.83. The van der Waals surface area contributed by atoms with Gasteiger partial charge in [0.2, 0.25) is 0 Å². The Morgan fingerprint density at radius 1 is 1.39 bits per heavy atom. The second-order valence-corrected chi connectivity index (χ2v) is 5.32. The lowest BCUT2D eigenvalue weighted by Crippen LogP contribution is -2.27. The van der Waals surface area contributed by atoms with Gasteiger partial charge in [-0.15, -0.1) is 0 Å². The predicted molar refractivity (Wildman–Crippen MR) is 67.6 cm³/mol. The van der Waals surface area contributed by atoms with E-state index in [1.807, 2.05) is 0 Å². The van der Waals surface area contributed by atoms with Crippen LogP contribution in [0.5, 0.6) is 11.5 Å². The largest absolute Gasteiger partial charge is 0.486 e. The Balaban J connectivity index is 2.41. The van der Waals surface area contributed by atoms with E-state index in [2.05, 4.69) is 0 Å². The van der Waals surface area contributed by atoms with Crippen LogP contribution in [0.4, 0.5) is 0 Å². The lowest BCUT2D eigenvalue weighted by molar-refractivity contribution is -0.146. The number of hydrogen-bond donors (Lipinski definition) is 1. The molecule has 18 heavy (non-hydrogen) atoms. The third-order valence-electron chi connectivity index (χ3n) is 2.95. The van der Waals surface area contributed by atoms with Gasteiger partial charge in [0.1, 0.15) is 13.2 Å². The molecular formula is C13H15ClO4. The monoisotopic (exact) mass is 270 g/mol. The van der Waals surface area contributed by atoms with Crippen LogP contribution in [0, 0.1) is 5.41 Å². The summed E-state index contributed by atoms with van der Waals surface area (Å²) in [5, 5.41) is 9.69. The van der Waals surface area contributed by atoms with E-state index in [1.54, 1.807) is 26.0 Å². The molecule has 0 atom stereocenters. The molecule has 0 unspecified atom stereocenters. The van der Waals surface area contributed by atoms with Crippen molar-refractivity contribution in [3.05, 3.63) is 22.7 Å². The maximum atomic E-state index is 11.2. The van der Waals surface area contributed by atoms with Crippen molar-refractivity contribution in [3.63, 3.8) is 0 Å². The molecule has 1 aromatic rings. The summed E-state index contributed by atoms with van der Waals surface area (Å²) < 4.78 is 11.0. The van der Waals surface area contributed by atoms with Crippen molar-refractivity contribution in [2.75, 3.05) is 13.2 Å². The first-order valence-corrected chi connectivity index (χ1v) is 6.10. The average molecular weight is 271 g/mol. The number of halogens is 1. The van der Waals surface area contributed by atoms with E-state index >= 15 is 0 Å². The van der Waals surface area contributed by atoms with E-state index in [4.69, 9.17) is 21.1 Å². The maximum Gasteiger partial charge on any atom is 0.309 e. The van der Waals surface area contributed by atoms with Gasteiger partial charge in [-0.1, -0.05) is 11.6 Å². The molecule has 0 saturated carbocycles. The fourth-order valence-corrected chi connectivity index (χ4v) is 2.05. The van der Waals surface area contributed by atoms with E-state index in [1.165, 1.54) is 0 Å². The van der Waals surface area contributed by atoms with Crippen molar-refractivity contribution in [3.8, 4) is 11.5 Å². The van der Waals surface area contributed by atoms with E-state index in [9.17, 15) is 9.90 Å². The number of rotatable bonds is 3. The summed E-state index contributed by atoms with van der Waals surface area (Å²) in [6.07, 6.45) is 0.299. The molecule has 0 amide bonds. The van der Waals surface area contributed by atoms with Crippen molar-refractivity contribution in [1.29, 1.82) is 0 Å². The summed E-state index contributed by atoms with van der Waals surface area (Å²) >= 11 is 6.14. The second-order valence-electron chi connectivity index (χ2n) is 4.92. The van der Waals surface area contributed by atoms with Gasteiger partial charge in [0.05, 0.1) is 5.41 Å². The Kier molecular flexibility index (Phi) is 3.39. The molecule has 2 rings (SSSR count). The van der Waals surface area contributed by atoms with Gasteiger partial charge >= 0.3 is 5.97 Å². The molecule has 1 aliphatic rings. The smallest absolute Gasteiger partial charge is 0.309 e. The molecule has 0 fully saturated rings. The molecule has 0 saturated heterocycles. The first-order chi connectivity index (χ1) is 8.42. The molecule has 98 valence electrons. The number of carboxylic acids is 1. The molecule has 0 radical (unpaired) electrons. The molecular weight excluding hydrogens is 256 g/mol. The highest BCUT2D eigenvalue weighted by atomic mass is 35.5. The summed E-state index contributed by atoms with van der Waals surface area (Å²) in [5.41, 5.74) is -0.208. The van der Waals surface area contributed by atoms with Crippen LogP contribution < -0.4 is 9.47 Å². The van der Waals surface area contributed by atoms with Crippen molar-refractivity contribution in [1.82, 2.24) is 0 Å². The summed E-state index contributed by atoms with van der Waals surface area (Å²) in [5.74, 6) is 0.331. The van der Waals surface area contributed by atoms with Gasteiger partial charge < -0.3 is 14.6 Å². The highest BCUT2D eigenvalue weighted by Crippen LogP contribution is 2.41. The van der Waals surface area contributed by atoms with E-state index in [0.29, 0.717) is 41.7 Å². The number of hydrogen-bond acceptors (Lipinski definition) is 3. The third kappa shape index (κ3) is 2.38. The molecule has 1 aliphatic heterocycles. The Bertz CT molecular complexity index is 482. The number of carbonyl (C=O) groups is 1. The topological polar surface area (TPSA) is 55.8 Å². The third-order valence-corrected chi connectivity index (χ3v) is 3.31. The van der Waals surface area contributed by atoms with Gasteiger partial charge in [0.25, 0.3) is 0 Å². The van der Waals surface area contributed by atoms with Crippen LogP contribution in [-0.2, 0) is 11.2 Å². The zero-order valence-corrected chi connectivity index (χ0v) is 11.1. The summed E-state index contributed by atoms with van der Waals surface area (Å²) in [6, 6.07) is 3.45. The van der Waals surface area contributed by atoms with Crippen LogP contribution >= 0.6 is 11.6 Å². The minimum absolute atomic E-state index is 0.299. The molecule has 4 nitrogen and oxygen atoms in total. The Morgan fingerprint density at radius 3 is 2.72 bits per heavy atom. The summed E-state index contributed by atoms with van der Waals surface area (Å²) in [6.45, 7) is 4.27. The first kappa shape index (κ1) is 13.0. The zero-order chi connectivity index (χ0) is 13.3. The van der Waals surface area contributed by atoms with Gasteiger partial charge in [-0.3, -0.25) is 4.79 Å². The molecule has 5 heteroatoms. The molecule has 0 aromatic heterocycles. The van der Waals surface area contributed by atoms with Gasteiger partial charge in [-0.25, -0.2) is 0 Å². The highest BCUT2D eigenvalue weighted by Gasteiger charge is 2.31. The van der Waals surface area contributed by atoms with Gasteiger partial charge in [0.15, 0.2) is 11.5 Å². The highest BCUT2D eigenvalue weighted by molar-refractivity contribution is 6.31. The van der Waals surface area contributed by atoms with Gasteiger partial charge in [-0.05, 0) is 32.4 Å². The van der Waals surface area contributed by atoms with Crippen LogP contribution in [0.1, 0.15) is 19.4 Å². The molecule has 1 N–H and O–H groups in total. The molecule has 1 aromatic carbocycles. The van der Waals surface area contributed by atoms with E-state index < -0.39 is 11.4 Å². The van der Waals surface area contributed by atoms with E-state index in [0.717, 1.165) is 0 Å². The quantitative estimate of drug-likeness (QED) is 0.918. The zero-order valence-electron chi connectivity index (χ0n) is 10.3. The maximum absolute atomic E-state index is 11.2. The lowest BCUT2D eigenvalue weighted by Gasteiger charge is -2.25. The van der Waals surface area contributed by atoms with Crippen LogP contribution in [0.25, 0.3) is 0 Å².